The van der Waals surface area contributed by atoms with Crippen LogP contribution in [0.2, 0.25) is 0 Å². The molecule has 1 aliphatic carbocycles. The Balaban J connectivity index is 1.29. The molecule has 2 heterocycles. The molecular formula is C27H34N6O3. The van der Waals surface area contributed by atoms with Crippen molar-refractivity contribution in [2.45, 2.75) is 38.8 Å². The summed E-state index contributed by atoms with van der Waals surface area (Å²) in [5.41, 5.74) is 10.8. The Kier molecular flexibility index (Phi) is 6.93. The van der Waals surface area contributed by atoms with Gasteiger partial charge in [-0.05, 0) is 63.1 Å². The minimum absolute atomic E-state index is 0.0385. The van der Waals surface area contributed by atoms with E-state index in [-0.39, 0.29) is 18.1 Å². The molecular weight excluding hydrogens is 456 g/mol. The summed E-state index contributed by atoms with van der Waals surface area (Å²) in [5.74, 6) is 1.77. The number of hydrogen-bond acceptors (Lipinski definition) is 8. The molecule has 0 radical (unpaired) electrons. The number of carbonyl (C=O) groups excluding carboxylic acids is 1. The van der Waals surface area contributed by atoms with Gasteiger partial charge in [-0.3, -0.25) is 4.79 Å². The summed E-state index contributed by atoms with van der Waals surface area (Å²) >= 11 is 0. The Bertz CT molecular complexity index is 1230. The van der Waals surface area contributed by atoms with Crippen LogP contribution in [0, 0.1) is 0 Å². The summed E-state index contributed by atoms with van der Waals surface area (Å²) in [6, 6.07) is 11.8. The smallest absolute Gasteiger partial charge is 0.258 e. The largest absolute Gasteiger partial charge is 0.489 e. The molecule has 1 atom stereocenters. The second kappa shape index (κ2) is 10.3. The molecule has 0 bridgehead atoms. The third kappa shape index (κ3) is 5.08. The molecule has 0 saturated carbocycles. The summed E-state index contributed by atoms with van der Waals surface area (Å²) in [6.07, 6.45) is 1.86. The summed E-state index contributed by atoms with van der Waals surface area (Å²) in [6.45, 7) is 7.71. The molecule has 5 rings (SSSR count). The molecule has 9 nitrogen and oxygen atoms in total. The predicted molar refractivity (Wildman–Crippen MR) is 138 cm³/mol. The quantitative estimate of drug-likeness (QED) is 0.486. The number of hydrogen-bond donors (Lipinski definition) is 2. The zero-order chi connectivity index (χ0) is 25.2. The van der Waals surface area contributed by atoms with E-state index in [0.29, 0.717) is 29.7 Å². The number of nitrogen functional groups attached to an aromatic ring is 1. The molecule has 2 aliphatic rings. The van der Waals surface area contributed by atoms with Gasteiger partial charge in [0.2, 0.25) is 11.7 Å². The van der Waals surface area contributed by atoms with Crippen LogP contribution in [0.25, 0.3) is 22.8 Å². The van der Waals surface area contributed by atoms with Crippen molar-refractivity contribution in [3.63, 3.8) is 0 Å². The SMILES string of the molecule is CC(C)Oc1ccc(-c2nc(-c3cccc4c3CC[C@H]4NCC(=O)N3CCN(C)CC3)no2)cc1N. The second-order valence-electron chi connectivity index (χ2n) is 9.87. The van der Waals surface area contributed by atoms with Gasteiger partial charge in [0, 0.05) is 43.3 Å². The van der Waals surface area contributed by atoms with E-state index in [9.17, 15) is 4.79 Å². The normalized spacial score (nSPS) is 18.0. The van der Waals surface area contributed by atoms with Crippen molar-refractivity contribution >= 4 is 11.6 Å². The van der Waals surface area contributed by atoms with E-state index in [1.807, 2.05) is 43.0 Å². The topological polar surface area (TPSA) is 110 Å². The number of piperazine rings is 1. The van der Waals surface area contributed by atoms with Gasteiger partial charge in [-0.15, -0.1) is 0 Å². The van der Waals surface area contributed by atoms with Crippen LogP contribution in [0.3, 0.4) is 0 Å². The second-order valence-corrected chi connectivity index (χ2v) is 9.87. The van der Waals surface area contributed by atoms with Crippen LogP contribution in [0.1, 0.15) is 37.4 Å². The van der Waals surface area contributed by atoms with Gasteiger partial charge in [-0.1, -0.05) is 23.4 Å². The number of amides is 1. The average Bonchev–Trinajstić information content (AvgIpc) is 3.51. The van der Waals surface area contributed by atoms with E-state index in [1.165, 1.54) is 11.1 Å². The monoisotopic (exact) mass is 490 g/mol. The first-order chi connectivity index (χ1) is 17.4. The summed E-state index contributed by atoms with van der Waals surface area (Å²) < 4.78 is 11.3. The third-order valence-electron chi connectivity index (χ3n) is 6.91. The molecule has 1 aliphatic heterocycles. The lowest BCUT2D eigenvalue weighted by Crippen LogP contribution is -2.49. The first-order valence-corrected chi connectivity index (χ1v) is 12.6. The number of carbonyl (C=O) groups is 1. The van der Waals surface area contributed by atoms with E-state index in [2.05, 4.69) is 33.5 Å². The van der Waals surface area contributed by atoms with Gasteiger partial charge in [0.1, 0.15) is 5.75 Å². The van der Waals surface area contributed by atoms with Crippen molar-refractivity contribution in [1.82, 2.24) is 25.3 Å². The number of benzene rings is 2. The highest BCUT2D eigenvalue weighted by atomic mass is 16.5. The lowest BCUT2D eigenvalue weighted by atomic mass is 10.0. The van der Waals surface area contributed by atoms with Crippen LogP contribution < -0.4 is 15.8 Å². The Hall–Kier alpha value is -3.43. The molecule has 0 spiro atoms. The fourth-order valence-corrected chi connectivity index (χ4v) is 4.95. The number of nitrogens with zero attached hydrogens (tertiary/aromatic N) is 4. The van der Waals surface area contributed by atoms with Crippen molar-refractivity contribution in [3.8, 4) is 28.6 Å². The highest BCUT2D eigenvalue weighted by molar-refractivity contribution is 5.78. The molecule has 9 heteroatoms. The summed E-state index contributed by atoms with van der Waals surface area (Å²) in [4.78, 5) is 21.6. The number of aromatic nitrogens is 2. The van der Waals surface area contributed by atoms with Crippen molar-refractivity contribution in [1.29, 1.82) is 0 Å². The average molecular weight is 491 g/mol. The molecule has 1 amide bonds. The third-order valence-corrected chi connectivity index (χ3v) is 6.91. The van der Waals surface area contributed by atoms with Crippen LogP contribution in [0.5, 0.6) is 5.75 Å². The van der Waals surface area contributed by atoms with Crippen molar-refractivity contribution in [2.24, 2.45) is 0 Å². The predicted octanol–water partition coefficient (Wildman–Crippen LogP) is 3.12. The Morgan fingerprint density at radius 2 is 2.03 bits per heavy atom. The molecule has 3 aromatic rings. The molecule has 3 N–H and O–H groups in total. The maximum atomic E-state index is 12.7. The highest BCUT2D eigenvalue weighted by Crippen LogP contribution is 2.37. The summed E-state index contributed by atoms with van der Waals surface area (Å²) in [5, 5.41) is 7.75. The number of anilines is 1. The molecule has 1 fully saturated rings. The van der Waals surface area contributed by atoms with Crippen LogP contribution in [-0.2, 0) is 11.2 Å². The molecule has 0 unspecified atom stereocenters. The molecule has 36 heavy (non-hydrogen) atoms. The van der Waals surface area contributed by atoms with Gasteiger partial charge >= 0.3 is 0 Å². The fourth-order valence-electron chi connectivity index (χ4n) is 4.95. The molecule has 190 valence electrons. The van der Waals surface area contributed by atoms with Crippen molar-refractivity contribution < 1.29 is 14.1 Å². The number of rotatable bonds is 7. The molecule has 1 saturated heterocycles. The number of fused-ring (bicyclic) bond motifs is 1. The lowest BCUT2D eigenvalue weighted by molar-refractivity contribution is -0.131. The summed E-state index contributed by atoms with van der Waals surface area (Å²) in [7, 11) is 2.09. The minimum atomic E-state index is 0.0385. The van der Waals surface area contributed by atoms with E-state index in [4.69, 9.17) is 15.0 Å². The minimum Gasteiger partial charge on any atom is -0.489 e. The maximum absolute atomic E-state index is 12.7. The number of likely N-dealkylation sites (N-methyl/N-ethyl adjacent to an activating group) is 1. The molecule has 2 aromatic carbocycles. The van der Waals surface area contributed by atoms with Gasteiger partial charge in [0.15, 0.2) is 0 Å². The van der Waals surface area contributed by atoms with Crippen molar-refractivity contribution in [2.75, 3.05) is 45.5 Å². The first kappa shape index (κ1) is 24.3. The lowest BCUT2D eigenvalue weighted by Gasteiger charge is -2.32. The van der Waals surface area contributed by atoms with Gasteiger partial charge in [0.25, 0.3) is 5.89 Å². The molecule has 1 aromatic heterocycles. The van der Waals surface area contributed by atoms with E-state index in [1.54, 1.807) is 6.07 Å². The zero-order valence-electron chi connectivity index (χ0n) is 21.2. The zero-order valence-corrected chi connectivity index (χ0v) is 21.2. The van der Waals surface area contributed by atoms with E-state index in [0.717, 1.165) is 50.1 Å². The number of nitrogens with one attached hydrogen (secondary N) is 1. The Morgan fingerprint density at radius 3 is 2.78 bits per heavy atom. The number of ether oxygens (including phenoxy) is 1. The van der Waals surface area contributed by atoms with Crippen LogP contribution >= 0.6 is 0 Å². The standard InChI is InChI=1S/C27H34N6O3/c1-17(2)35-24-10-7-18(15-22(24)28)27-30-26(31-36-27)21-6-4-5-20-19(21)8-9-23(20)29-16-25(34)33-13-11-32(3)12-14-33/h4-7,10,15,17,23,29H,8-9,11-14,16,28H2,1-3H3/t23-/m1/s1. The van der Waals surface area contributed by atoms with Gasteiger partial charge < -0.3 is 30.1 Å². The van der Waals surface area contributed by atoms with Gasteiger partial charge in [0.05, 0.1) is 18.3 Å². The van der Waals surface area contributed by atoms with Gasteiger partial charge in [-0.25, -0.2) is 0 Å². The van der Waals surface area contributed by atoms with Crippen LogP contribution in [-0.4, -0.2) is 71.7 Å². The fraction of sp³-hybridized carbons (Fsp3) is 0.444. The maximum Gasteiger partial charge on any atom is 0.258 e. The van der Waals surface area contributed by atoms with E-state index >= 15 is 0 Å². The number of nitrogens with two attached hydrogens (primary N) is 1. The van der Waals surface area contributed by atoms with Gasteiger partial charge in [-0.2, -0.15) is 4.98 Å². The van der Waals surface area contributed by atoms with Crippen molar-refractivity contribution in [3.05, 3.63) is 47.5 Å². The first-order valence-electron chi connectivity index (χ1n) is 12.6. The van der Waals surface area contributed by atoms with E-state index < -0.39 is 0 Å². The van der Waals surface area contributed by atoms with Crippen LogP contribution in [0.4, 0.5) is 5.69 Å². The Labute approximate surface area is 211 Å². The van der Waals surface area contributed by atoms with Crippen LogP contribution in [0.15, 0.2) is 40.9 Å². The highest BCUT2D eigenvalue weighted by Gasteiger charge is 2.28. The Morgan fingerprint density at radius 1 is 1.22 bits per heavy atom.